The van der Waals surface area contributed by atoms with Crippen molar-refractivity contribution < 1.29 is 4.79 Å². The third-order valence-corrected chi connectivity index (χ3v) is 4.38. The molecule has 0 spiro atoms. The Hall–Kier alpha value is -1.51. The first-order chi connectivity index (χ1) is 10.0. The lowest BCUT2D eigenvalue weighted by molar-refractivity contribution is 0.235. The third-order valence-electron chi connectivity index (χ3n) is 4.38. The molecule has 0 aromatic heterocycles. The zero-order valence-electron chi connectivity index (χ0n) is 13.5. The first-order valence-corrected chi connectivity index (χ1v) is 8.12. The molecule has 3 nitrogen and oxygen atoms in total. The Morgan fingerprint density at radius 2 is 1.81 bits per heavy atom. The zero-order valence-corrected chi connectivity index (χ0v) is 13.5. The van der Waals surface area contributed by atoms with E-state index in [9.17, 15) is 4.79 Å². The van der Waals surface area contributed by atoms with Crippen LogP contribution < -0.4 is 10.6 Å². The SMILES string of the molecule is CC(C)CCC(C)NC(=O)NCC1(c2ccccc2)CC1. The normalized spacial score (nSPS) is 17.3. The quantitative estimate of drug-likeness (QED) is 0.786. The number of nitrogens with one attached hydrogen (secondary N) is 2. The molecule has 1 saturated carbocycles. The second-order valence-corrected chi connectivity index (χ2v) is 6.85. The monoisotopic (exact) mass is 288 g/mol. The lowest BCUT2D eigenvalue weighted by Crippen LogP contribution is -2.43. The van der Waals surface area contributed by atoms with Gasteiger partial charge >= 0.3 is 6.03 Å². The fourth-order valence-corrected chi connectivity index (χ4v) is 2.69. The Kier molecular flexibility index (Phi) is 5.27. The average molecular weight is 288 g/mol. The predicted molar refractivity (Wildman–Crippen MR) is 87.4 cm³/mol. The molecule has 0 saturated heterocycles. The Morgan fingerprint density at radius 1 is 1.14 bits per heavy atom. The highest BCUT2D eigenvalue weighted by atomic mass is 16.2. The summed E-state index contributed by atoms with van der Waals surface area (Å²) in [6.07, 6.45) is 4.52. The van der Waals surface area contributed by atoms with E-state index in [1.807, 2.05) is 6.07 Å². The molecular weight excluding hydrogens is 260 g/mol. The number of hydrogen-bond donors (Lipinski definition) is 2. The summed E-state index contributed by atoms with van der Waals surface area (Å²) in [4.78, 5) is 12.0. The van der Waals surface area contributed by atoms with E-state index >= 15 is 0 Å². The maximum Gasteiger partial charge on any atom is 0.315 e. The van der Waals surface area contributed by atoms with Gasteiger partial charge in [0.05, 0.1) is 0 Å². The molecule has 1 unspecified atom stereocenters. The molecule has 0 radical (unpaired) electrons. The second-order valence-electron chi connectivity index (χ2n) is 6.85. The van der Waals surface area contributed by atoms with Gasteiger partial charge in [0, 0.05) is 18.0 Å². The van der Waals surface area contributed by atoms with Crippen LogP contribution in [0.4, 0.5) is 4.79 Å². The van der Waals surface area contributed by atoms with Crippen molar-refractivity contribution in [1.29, 1.82) is 0 Å². The lowest BCUT2D eigenvalue weighted by atomic mass is 9.96. The third kappa shape index (κ3) is 4.76. The molecule has 2 amide bonds. The van der Waals surface area contributed by atoms with Gasteiger partial charge in [0.15, 0.2) is 0 Å². The second kappa shape index (κ2) is 6.97. The Balaban J connectivity index is 1.74. The van der Waals surface area contributed by atoms with Crippen LogP contribution >= 0.6 is 0 Å². The van der Waals surface area contributed by atoms with Crippen LogP contribution in [0.2, 0.25) is 0 Å². The summed E-state index contributed by atoms with van der Waals surface area (Å²) in [6, 6.07) is 10.7. The van der Waals surface area contributed by atoms with Gasteiger partial charge in [-0.25, -0.2) is 4.79 Å². The summed E-state index contributed by atoms with van der Waals surface area (Å²) >= 11 is 0. The zero-order chi connectivity index (χ0) is 15.3. The van der Waals surface area contributed by atoms with Crippen LogP contribution in [0.5, 0.6) is 0 Å². The van der Waals surface area contributed by atoms with E-state index in [2.05, 4.69) is 55.7 Å². The van der Waals surface area contributed by atoms with Crippen molar-refractivity contribution in [2.24, 2.45) is 5.92 Å². The number of benzene rings is 1. The minimum absolute atomic E-state index is 0.0338. The highest BCUT2D eigenvalue weighted by Crippen LogP contribution is 2.47. The van der Waals surface area contributed by atoms with E-state index in [4.69, 9.17) is 0 Å². The van der Waals surface area contributed by atoms with Crippen LogP contribution in [0.25, 0.3) is 0 Å². The topological polar surface area (TPSA) is 41.1 Å². The van der Waals surface area contributed by atoms with Crippen LogP contribution in [0.15, 0.2) is 30.3 Å². The Bertz CT molecular complexity index is 452. The smallest absolute Gasteiger partial charge is 0.315 e. The molecule has 0 heterocycles. The fourth-order valence-electron chi connectivity index (χ4n) is 2.69. The maximum absolute atomic E-state index is 12.0. The van der Waals surface area contributed by atoms with Crippen molar-refractivity contribution in [3.05, 3.63) is 35.9 Å². The molecule has 21 heavy (non-hydrogen) atoms. The summed E-state index contributed by atoms with van der Waals surface area (Å²) in [5.41, 5.74) is 1.53. The number of urea groups is 1. The van der Waals surface area contributed by atoms with Crippen LogP contribution in [0, 0.1) is 5.92 Å². The van der Waals surface area contributed by atoms with Crippen LogP contribution in [0.1, 0.15) is 52.0 Å². The van der Waals surface area contributed by atoms with E-state index in [0.29, 0.717) is 5.92 Å². The van der Waals surface area contributed by atoms with Crippen LogP contribution in [-0.4, -0.2) is 18.6 Å². The Morgan fingerprint density at radius 3 is 2.38 bits per heavy atom. The number of rotatable bonds is 7. The van der Waals surface area contributed by atoms with Gasteiger partial charge in [-0.1, -0.05) is 44.2 Å². The standard InChI is InChI=1S/C18H28N2O/c1-14(2)9-10-15(3)20-17(21)19-13-18(11-12-18)16-7-5-4-6-8-16/h4-8,14-15H,9-13H2,1-3H3,(H2,19,20,21). The fraction of sp³-hybridized carbons (Fsp3) is 0.611. The van der Waals surface area contributed by atoms with Crippen molar-refractivity contribution >= 4 is 6.03 Å². The van der Waals surface area contributed by atoms with Gasteiger partial charge in [-0.05, 0) is 44.1 Å². The van der Waals surface area contributed by atoms with Gasteiger partial charge < -0.3 is 10.6 Å². The number of hydrogen-bond acceptors (Lipinski definition) is 1. The predicted octanol–water partition coefficient (Wildman–Crippen LogP) is 3.84. The van der Waals surface area contributed by atoms with E-state index in [1.54, 1.807) is 0 Å². The molecule has 116 valence electrons. The van der Waals surface area contributed by atoms with E-state index in [-0.39, 0.29) is 17.5 Å². The van der Waals surface area contributed by atoms with Crippen molar-refractivity contribution in [1.82, 2.24) is 10.6 Å². The van der Waals surface area contributed by atoms with Gasteiger partial charge in [-0.15, -0.1) is 0 Å². The first kappa shape index (κ1) is 15.9. The van der Waals surface area contributed by atoms with Crippen molar-refractivity contribution in [2.45, 2.75) is 57.9 Å². The van der Waals surface area contributed by atoms with Gasteiger partial charge in [0.2, 0.25) is 0 Å². The van der Waals surface area contributed by atoms with Gasteiger partial charge in [0.25, 0.3) is 0 Å². The molecule has 2 rings (SSSR count). The van der Waals surface area contributed by atoms with Crippen molar-refractivity contribution in [3.63, 3.8) is 0 Å². The summed E-state index contributed by atoms with van der Waals surface area (Å²) in [5, 5.41) is 6.09. The summed E-state index contributed by atoms with van der Waals surface area (Å²) in [6.45, 7) is 7.23. The molecule has 2 N–H and O–H groups in total. The van der Waals surface area contributed by atoms with Crippen LogP contribution in [0.3, 0.4) is 0 Å². The molecule has 3 heteroatoms. The molecular formula is C18H28N2O. The molecule has 1 fully saturated rings. The minimum atomic E-state index is -0.0338. The van der Waals surface area contributed by atoms with Crippen molar-refractivity contribution in [3.8, 4) is 0 Å². The highest BCUT2D eigenvalue weighted by Gasteiger charge is 2.44. The van der Waals surface area contributed by atoms with E-state index in [0.717, 1.165) is 19.4 Å². The number of amides is 2. The molecule has 1 aromatic rings. The summed E-state index contributed by atoms with van der Waals surface area (Å²) in [5.74, 6) is 0.685. The number of carbonyl (C=O) groups excluding carboxylic acids is 1. The molecule has 0 bridgehead atoms. The average Bonchev–Trinajstić information content (AvgIpc) is 3.25. The van der Waals surface area contributed by atoms with E-state index < -0.39 is 0 Å². The maximum atomic E-state index is 12.0. The molecule has 0 aliphatic heterocycles. The highest BCUT2D eigenvalue weighted by molar-refractivity contribution is 5.74. The molecule has 1 aromatic carbocycles. The van der Waals surface area contributed by atoms with Gasteiger partial charge in [0.1, 0.15) is 0 Å². The first-order valence-electron chi connectivity index (χ1n) is 8.12. The lowest BCUT2D eigenvalue weighted by Gasteiger charge is -2.19. The largest absolute Gasteiger partial charge is 0.337 e. The summed E-state index contributed by atoms with van der Waals surface area (Å²) in [7, 11) is 0. The van der Waals surface area contributed by atoms with Crippen molar-refractivity contribution in [2.75, 3.05) is 6.54 Å². The van der Waals surface area contributed by atoms with E-state index in [1.165, 1.54) is 18.4 Å². The summed E-state index contributed by atoms with van der Waals surface area (Å²) < 4.78 is 0. The minimum Gasteiger partial charge on any atom is -0.337 e. The molecule has 1 aliphatic carbocycles. The molecule has 1 aliphatic rings. The van der Waals surface area contributed by atoms with Gasteiger partial charge in [-0.2, -0.15) is 0 Å². The number of carbonyl (C=O) groups is 1. The van der Waals surface area contributed by atoms with Crippen LogP contribution in [-0.2, 0) is 5.41 Å². The van der Waals surface area contributed by atoms with Gasteiger partial charge in [-0.3, -0.25) is 0 Å². The molecule has 1 atom stereocenters. The Labute approximate surface area is 128 Å².